The Bertz CT molecular complexity index is 456. The van der Waals surface area contributed by atoms with Crippen molar-refractivity contribution >= 4 is 45.4 Å². The van der Waals surface area contributed by atoms with E-state index in [0.717, 1.165) is 0 Å². The van der Waals surface area contributed by atoms with Crippen molar-refractivity contribution in [3.8, 4) is 0 Å². The van der Waals surface area contributed by atoms with E-state index in [1.807, 2.05) is 14.1 Å². The monoisotopic (exact) mass is 274 g/mol. The lowest BCUT2D eigenvalue weighted by Crippen LogP contribution is -2.10. The number of halogens is 1. The third kappa shape index (κ3) is 4.12. The molecule has 0 radical (unpaired) electrons. The highest BCUT2D eigenvalue weighted by Gasteiger charge is 2.16. The summed E-state index contributed by atoms with van der Waals surface area (Å²) < 4.78 is 0. The van der Waals surface area contributed by atoms with E-state index >= 15 is 0 Å². The van der Waals surface area contributed by atoms with Gasteiger partial charge in [-0.1, -0.05) is 5.16 Å². The molecule has 0 N–H and O–H groups in total. The fourth-order valence-corrected chi connectivity index (χ4v) is 1.64. The highest BCUT2D eigenvalue weighted by molar-refractivity contribution is 7.13. The summed E-state index contributed by atoms with van der Waals surface area (Å²) in [5.74, 6) is 0. The Morgan fingerprint density at radius 1 is 1.65 bits per heavy atom. The van der Waals surface area contributed by atoms with Crippen molar-refractivity contribution in [3.05, 3.63) is 11.1 Å². The summed E-state index contributed by atoms with van der Waals surface area (Å²) in [5, 5.41) is 4.95. The lowest BCUT2D eigenvalue weighted by Gasteiger charge is -1.99. The van der Waals surface area contributed by atoms with Crippen molar-refractivity contribution < 1.29 is 9.63 Å². The van der Waals surface area contributed by atoms with E-state index in [-0.39, 0.29) is 5.71 Å². The summed E-state index contributed by atoms with van der Waals surface area (Å²) in [4.78, 5) is 25.6. The van der Waals surface area contributed by atoms with Crippen molar-refractivity contribution in [2.24, 2.45) is 10.1 Å². The Morgan fingerprint density at radius 2 is 2.35 bits per heavy atom. The molecule has 1 aromatic heterocycles. The van der Waals surface area contributed by atoms with Crippen LogP contribution in [0.25, 0.3) is 0 Å². The largest absolute Gasteiger partial charge is 0.398 e. The molecule has 92 valence electrons. The molecule has 0 saturated heterocycles. The van der Waals surface area contributed by atoms with Crippen molar-refractivity contribution in [3.63, 3.8) is 0 Å². The molecular weight excluding hydrogens is 264 g/mol. The number of aliphatic imine (C=N–C) groups is 1. The summed E-state index contributed by atoms with van der Waals surface area (Å²) in [6.45, 7) is 0. The molecule has 0 spiro atoms. The van der Waals surface area contributed by atoms with Gasteiger partial charge >= 0.3 is 0 Å². The Balaban J connectivity index is 2.93. The summed E-state index contributed by atoms with van der Waals surface area (Å²) in [6, 6.07) is 0. The first kappa shape index (κ1) is 13.6. The average molecular weight is 275 g/mol. The predicted octanol–water partition coefficient (Wildman–Crippen LogP) is 1.48. The van der Waals surface area contributed by atoms with Crippen LogP contribution in [0.15, 0.2) is 15.5 Å². The minimum Gasteiger partial charge on any atom is -0.398 e. The Morgan fingerprint density at radius 3 is 2.88 bits per heavy atom. The minimum atomic E-state index is -0.722. The van der Waals surface area contributed by atoms with Gasteiger partial charge in [-0.3, -0.25) is 4.79 Å². The second kappa shape index (κ2) is 6.31. The number of hydrogen-bond acceptors (Lipinski definition) is 6. The number of nitrogens with zero attached hydrogens (tertiary/aromatic N) is 4. The van der Waals surface area contributed by atoms with Crippen LogP contribution in [0.5, 0.6) is 0 Å². The maximum absolute atomic E-state index is 11.1. The highest BCUT2D eigenvalue weighted by atomic mass is 35.5. The normalized spacial score (nSPS) is 11.9. The average Bonchev–Trinajstić information content (AvgIpc) is 2.71. The molecule has 0 unspecified atom stereocenters. The van der Waals surface area contributed by atoms with Gasteiger partial charge in [0.15, 0.2) is 5.71 Å². The Labute approximate surface area is 108 Å². The molecule has 8 heteroatoms. The van der Waals surface area contributed by atoms with E-state index in [4.69, 9.17) is 11.6 Å². The van der Waals surface area contributed by atoms with Crippen molar-refractivity contribution in [2.45, 2.75) is 0 Å². The van der Waals surface area contributed by atoms with Gasteiger partial charge in [0, 0.05) is 19.5 Å². The van der Waals surface area contributed by atoms with Crippen molar-refractivity contribution in [1.82, 2.24) is 9.88 Å². The number of thiazole rings is 1. The molecule has 1 heterocycles. The van der Waals surface area contributed by atoms with Crippen LogP contribution in [-0.2, 0) is 9.63 Å². The van der Waals surface area contributed by atoms with Gasteiger partial charge in [-0.25, -0.2) is 9.98 Å². The topological polar surface area (TPSA) is 67.2 Å². The lowest BCUT2D eigenvalue weighted by atomic mass is 10.3. The first-order chi connectivity index (χ1) is 8.04. The van der Waals surface area contributed by atoms with E-state index in [2.05, 4.69) is 20.0 Å². The van der Waals surface area contributed by atoms with Gasteiger partial charge in [-0.2, -0.15) is 0 Å². The number of rotatable bonds is 5. The molecule has 0 fully saturated rings. The molecule has 0 bridgehead atoms. The van der Waals surface area contributed by atoms with Crippen LogP contribution in [0.1, 0.15) is 5.69 Å². The fraction of sp³-hybridized carbons (Fsp3) is 0.333. The van der Waals surface area contributed by atoms with E-state index in [1.165, 1.54) is 18.4 Å². The molecule has 1 rings (SSSR count). The van der Waals surface area contributed by atoms with Crippen LogP contribution in [0.4, 0.5) is 5.13 Å². The van der Waals surface area contributed by atoms with Gasteiger partial charge < -0.3 is 9.74 Å². The SMILES string of the molecule is CO/N=C(\C(=O)Cl)c1csc(N=CN(C)C)n1. The molecule has 6 nitrogen and oxygen atoms in total. The van der Waals surface area contributed by atoms with E-state index in [9.17, 15) is 4.79 Å². The minimum absolute atomic E-state index is 0.0308. The maximum Gasteiger partial charge on any atom is 0.276 e. The van der Waals surface area contributed by atoms with Crippen molar-refractivity contribution in [2.75, 3.05) is 21.2 Å². The predicted molar refractivity (Wildman–Crippen MR) is 68.4 cm³/mol. The lowest BCUT2D eigenvalue weighted by molar-refractivity contribution is -0.106. The summed E-state index contributed by atoms with van der Waals surface area (Å²) >= 11 is 6.64. The van der Waals surface area contributed by atoms with Crippen LogP contribution in [-0.4, -0.2) is 48.4 Å². The van der Waals surface area contributed by atoms with Crippen LogP contribution < -0.4 is 0 Å². The van der Waals surface area contributed by atoms with E-state index in [0.29, 0.717) is 10.8 Å². The number of oxime groups is 1. The van der Waals surface area contributed by atoms with Gasteiger partial charge in [0.25, 0.3) is 5.24 Å². The summed E-state index contributed by atoms with van der Waals surface area (Å²) in [5.41, 5.74) is 0.319. The first-order valence-electron chi connectivity index (χ1n) is 4.52. The molecule has 1 aromatic rings. The maximum atomic E-state index is 11.1. The highest BCUT2D eigenvalue weighted by Crippen LogP contribution is 2.19. The third-order valence-electron chi connectivity index (χ3n) is 1.50. The number of aromatic nitrogens is 1. The quantitative estimate of drug-likeness (QED) is 0.353. The molecule has 0 aromatic carbocycles. The van der Waals surface area contributed by atoms with E-state index in [1.54, 1.807) is 16.6 Å². The Hall–Kier alpha value is -1.47. The number of carbonyl (C=O) groups is 1. The second-order valence-electron chi connectivity index (χ2n) is 3.12. The van der Waals surface area contributed by atoms with Crippen LogP contribution in [0, 0.1) is 0 Å². The van der Waals surface area contributed by atoms with E-state index < -0.39 is 5.24 Å². The summed E-state index contributed by atoms with van der Waals surface area (Å²) in [6.07, 6.45) is 1.61. The molecule has 0 aliphatic heterocycles. The Kier molecular flexibility index (Phi) is 5.05. The van der Waals surface area contributed by atoms with Gasteiger partial charge in [0.05, 0.1) is 6.34 Å². The van der Waals surface area contributed by atoms with Crippen LogP contribution in [0.2, 0.25) is 0 Å². The zero-order chi connectivity index (χ0) is 12.8. The molecule has 0 atom stereocenters. The molecule has 0 amide bonds. The van der Waals surface area contributed by atoms with Gasteiger partial charge in [-0.15, -0.1) is 11.3 Å². The second-order valence-corrected chi connectivity index (χ2v) is 4.30. The third-order valence-corrected chi connectivity index (χ3v) is 2.43. The van der Waals surface area contributed by atoms with Gasteiger partial charge in [0.1, 0.15) is 12.8 Å². The molecular formula is C9H11ClN4O2S. The van der Waals surface area contributed by atoms with Crippen LogP contribution >= 0.6 is 22.9 Å². The smallest absolute Gasteiger partial charge is 0.276 e. The number of hydrogen-bond donors (Lipinski definition) is 0. The molecule has 0 aliphatic carbocycles. The summed E-state index contributed by atoms with van der Waals surface area (Å²) in [7, 11) is 5.02. The van der Waals surface area contributed by atoms with Gasteiger partial charge in [0.2, 0.25) is 5.13 Å². The fourth-order valence-electron chi connectivity index (χ4n) is 0.872. The van der Waals surface area contributed by atoms with Crippen LogP contribution in [0.3, 0.4) is 0 Å². The van der Waals surface area contributed by atoms with Gasteiger partial charge in [-0.05, 0) is 11.6 Å². The standard InChI is InChI=1S/C9H11ClN4O2S/c1-14(2)5-11-9-12-6(4-17-9)7(8(10)15)13-16-3/h4-5H,1-3H3/b11-5?,13-7-. The molecule has 17 heavy (non-hydrogen) atoms. The molecule has 0 aliphatic rings. The zero-order valence-corrected chi connectivity index (χ0v) is 11.1. The number of carbonyl (C=O) groups excluding carboxylic acids is 1. The van der Waals surface area contributed by atoms with Crippen molar-refractivity contribution in [1.29, 1.82) is 0 Å². The zero-order valence-electron chi connectivity index (χ0n) is 9.55. The first-order valence-corrected chi connectivity index (χ1v) is 5.78. The molecule has 0 saturated carbocycles.